The predicted molar refractivity (Wildman–Crippen MR) is 173 cm³/mol. The van der Waals surface area contributed by atoms with Crippen molar-refractivity contribution in [3.05, 3.63) is 126 Å². The van der Waals surface area contributed by atoms with Crippen molar-refractivity contribution in [1.29, 1.82) is 0 Å². The van der Waals surface area contributed by atoms with Gasteiger partial charge < -0.3 is 29.2 Å². The van der Waals surface area contributed by atoms with E-state index in [1.807, 2.05) is 91.3 Å². The van der Waals surface area contributed by atoms with E-state index in [4.69, 9.17) is 14.2 Å². The lowest BCUT2D eigenvalue weighted by molar-refractivity contribution is -0.252. The zero-order valence-electron chi connectivity index (χ0n) is 25.8. The molecule has 46 heavy (non-hydrogen) atoms. The highest BCUT2D eigenvalue weighted by Crippen LogP contribution is 2.39. The highest BCUT2D eigenvalue weighted by molar-refractivity contribution is 5.83. The van der Waals surface area contributed by atoms with Crippen LogP contribution in [0.4, 0.5) is 0 Å². The summed E-state index contributed by atoms with van der Waals surface area (Å²) in [6.45, 7) is 3.73. The Labute approximate surface area is 267 Å². The first-order chi connectivity index (χ1) is 22.4. The van der Waals surface area contributed by atoms with E-state index in [2.05, 4.69) is 27.0 Å². The highest BCUT2D eigenvalue weighted by atomic mass is 16.7. The van der Waals surface area contributed by atoms with Gasteiger partial charge in [-0.25, -0.2) is 4.98 Å². The Morgan fingerprint density at radius 1 is 0.935 bits per heavy atom. The third kappa shape index (κ3) is 7.34. The Morgan fingerprint density at radius 3 is 2.48 bits per heavy atom. The number of esters is 1. The van der Waals surface area contributed by atoms with Gasteiger partial charge >= 0.3 is 5.97 Å². The van der Waals surface area contributed by atoms with Gasteiger partial charge in [-0.05, 0) is 59.0 Å². The molecule has 0 aliphatic carbocycles. The second kappa shape index (κ2) is 14.1. The molecule has 5 aromatic rings. The van der Waals surface area contributed by atoms with Gasteiger partial charge in [0.1, 0.15) is 0 Å². The van der Waals surface area contributed by atoms with E-state index in [1.165, 1.54) is 6.92 Å². The zero-order valence-corrected chi connectivity index (χ0v) is 25.8. The van der Waals surface area contributed by atoms with Crippen LogP contribution in [0.5, 0.6) is 0 Å². The predicted octanol–water partition coefficient (Wildman–Crippen LogP) is 6.01. The minimum Gasteiger partial charge on any atom is -0.453 e. The van der Waals surface area contributed by atoms with Crippen molar-refractivity contribution in [3.63, 3.8) is 0 Å². The Bertz CT molecular complexity index is 1820. The minimum absolute atomic E-state index is 0.0123. The molecule has 4 atom stereocenters. The maximum absolute atomic E-state index is 12.3. The molecule has 9 heteroatoms. The molecule has 9 nitrogen and oxygen atoms in total. The van der Waals surface area contributed by atoms with E-state index in [9.17, 15) is 14.7 Å². The number of imidazole rings is 1. The first-order valence-electron chi connectivity index (χ1n) is 15.4. The molecule has 1 amide bonds. The summed E-state index contributed by atoms with van der Waals surface area (Å²) in [6.07, 6.45) is 0.684. The van der Waals surface area contributed by atoms with Gasteiger partial charge in [0.25, 0.3) is 5.91 Å². The number of aliphatic hydroxyl groups excluding tert-OH is 1. The number of aliphatic hydroxyl groups is 1. The summed E-state index contributed by atoms with van der Waals surface area (Å²) in [6, 6.07) is 32.0. The van der Waals surface area contributed by atoms with Crippen LogP contribution in [0.1, 0.15) is 54.9 Å². The highest BCUT2D eigenvalue weighted by Gasteiger charge is 2.33. The van der Waals surface area contributed by atoms with E-state index in [-0.39, 0.29) is 24.7 Å². The molecule has 0 saturated carbocycles. The average Bonchev–Trinajstić information content (AvgIpc) is 3.49. The Morgan fingerprint density at radius 2 is 1.70 bits per heavy atom. The Hall–Kier alpha value is -4.83. The Balaban J connectivity index is 1.23. The van der Waals surface area contributed by atoms with Crippen molar-refractivity contribution in [3.8, 4) is 11.1 Å². The zero-order chi connectivity index (χ0) is 32.0. The number of aromatic nitrogens is 2. The molecule has 6 rings (SSSR count). The standard InChI is InChI=1S/C37H37N3O6/c1-24(44-25(2)42)36(43)38-20-27-7-5-8-29(17-27)30-9-6-10-31(18-30)37-45-32(21-40-23-39-33-11-3-4-12-34(33)40)19-35(46-37)28-15-13-26(22-41)14-16-28/h3-18,23-24,32,35,37,41H,19-22H2,1-2H3,(H,38,43)/t24-,32-,35+,37+/m0/s1. The second-order valence-electron chi connectivity index (χ2n) is 11.5. The van der Waals surface area contributed by atoms with Crippen LogP contribution >= 0.6 is 0 Å². The molecule has 1 aliphatic heterocycles. The third-order valence-corrected chi connectivity index (χ3v) is 8.14. The summed E-state index contributed by atoms with van der Waals surface area (Å²) >= 11 is 0. The number of benzene rings is 4. The van der Waals surface area contributed by atoms with Crippen LogP contribution in [0, 0.1) is 0 Å². The van der Waals surface area contributed by atoms with Crippen molar-refractivity contribution < 1.29 is 28.9 Å². The molecular weight excluding hydrogens is 582 g/mol. The van der Waals surface area contributed by atoms with Crippen LogP contribution in [0.2, 0.25) is 0 Å². The number of amides is 1. The molecule has 1 fully saturated rings. The number of nitrogens with one attached hydrogen (secondary N) is 1. The van der Waals surface area contributed by atoms with Gasteiger partial charge in [-0.2, -0.15) is 0 Å². The summed E-state index contributed by atoms with van der Waals surface area (Å²) in [4.78, 5) is 28.1. The number of carbonyl (C=O) groups is 2. The van der Waals surface area contributed by atoms with Crippen LogP contribution in [0.3, 0.4) is 0 Å². The molecule has 0 bridgehead atoms. The largest absolute Gasteiger partial charge is 0.453 e. The molecule has 236 valence electrons. The van der Waals surface area contributed by atoms with Crippen LogP contribution in [0.25, 0.3) is 22.2 Å². The second-order valence-corrected chi connectivity index (χ2v) is 11.5. The van der Waals surface area contributed by atoms with E-state index < -0.39 is 18.4 Å². The smallest absolute Gasteiger partial charge is 0.303 e. The molecule has 2 N–H and O–H groups in total. The normalized spacial score (nSPS) is 18.6. The van der Waals surface area contributed by atoms with Gasteiger partial charge in [0, 0.05) is 25.5 Å². The molecule has 1 aliphatic rings. The quantitative estimate of drug-likeness (QED) is 0.184. The van der Waals surface area contributed by atoms with E-state index in [0.717, 1.165) is 44.4 Å². The number of hydrogen-bond donors (Lipinski definition) is 2. The van der Waals surface area contributed by atoms with Crippen molar-refractivity contribution >= 4 is 22.9 Å². The van der Waals surface area contributed by atoms with Crippen LogP contribution < -0.4 is 5.32 Å². The van der Waals surface area contributed by atoms with Gasteiger partial charge in [0.05, 0.1) is 42.7 Å². The van der Waals surface area contributed by atoms with Gasteiger partial charge in [0.15, 0.2) is 12.4 Å². The summed E-state index contributed by atoms with van der Waals surface area (Å²) in [5.74, 6) is -0.851. The number of hydrogen-bond acceptors (Lipinski definition) is 7. The van der Waals surface area contributed by atoms with Crippen LogP contribution in [-0.2, 0) is 43.5 Å². The van der Waals surface area contributed by atoms with Crippen molar-refractivity contribution in [2.75, 3.05) is 0 Å². The first-order valence-corrected chi connectivity index (χ1v) is 15.4. The van der Waals surface area contributed by atoms with Crippen LogP contribution in [0.15, 0.2) is 103 Å². The summed E-state index contributed by atoms with van der Waals surface area (Å²) < 4.78 is 20.3. The molecule has 4 aromatic carbocycles. The molecular formula is C37H37N3O6. The van der Waals surface area contributed by atoms with Gasteiger partial charge in [0.2, 0.25) is 0 Å². The molecule has 0 spiro atoms. The molecule has 0 radical (unpaired) electrons. The molecule has 1 saturated heterocycles. The Kier molecular flexibility index (Phi) is 9.54. The third-order valence-electron chi connectivity index (χ3n) is 8.14. The van der Waals surface area contributed by atoms with Crippen molar-refractivity contribution in [2.45, 2.75) is 64.6 Å². The fourth-order valence-electron chi connectivity index (χ4n) is 5.77. The monoisotopic (exact) mass is 619 g/mol. The van der Waals surface area contributed by atoms with E-state index >= 15 is 0 Å². The number of nitrogens with zero attached hydrogens (tertiary/aromatic N) is 2. The number of ether oxygens (including phenoxy) is 3. The maximum atomic E-state index is 12.3. The number of fused-ring (bicyclic) bond motifs is 1. The topological polar surface area (TPSA) is 112 Å². The number of para-hydroxylation sites is 2. The molecule has 2 heterocycles. The SMILES string of the molecule is CC(=O)O[C@@H](C)C(=O)NCc1cccc(-c2cccc([C@@H]3O[C@H](Cn4cnc5ccccc54)C[C@H](c4ccc(CO)cc4)O3)c2)c1. The lowest BCUT2D eigenvalue weighted by atomic mass is 9.98. The summed E-state index contributed by atoms with van der Waals surface area (Å²) in [5.41, 5.74) is 7.64. The lowest BCUT2D eigenvalue weighted by Gasteiger charge is -2.36. The van der Waals surface area contributed by atoms with E-state index in [1.54, 1.807) is 6.92 Å². The van der Waals surface area contributed by atoms with Crippen molar-refractivity contribution in [2.24, 2.45) is 0 Å². The molecule has 0 unspecified atom stereocenters. The van der Waals surface area contributed by atoms with Crippen LogP contribution in [-0.4, -0.2) is 38.7 Å². The van der Waals surface area contributed by atoms with Gasteiger partial charge in [-0.1, -0.05) is 72.8 Å². The number of rotatable bonds is 10. The average molecular weight is 620 g/mol. The maximum Gasteiger partial charge on any atom is 0.303 e. The number of carbonyl (C=O) groups excluding carboxylic acids is 2. The summed E-state index contributed by atoms with van der Waals surface area (Å²) in [7, 11) is 0. The summed E-state index contributed by atoms with van der Waals surface area (Å²) in [5, 5.41) is 12.4. The fraction of sp³-hybridized carbons (Fsp3) is 0.270. The first kappa shape index (κ1) is 31.2. The van der Waals surface area contributed by atoms with E-state index in [0.29, 0.717) is 19.5 Å². The molecule has 1 aromatic heterocycles. The van der Waals surface area contributed by atoms with Gasteiger partial charge in [-0.3, -0.25) is 9.59 Å². The van der Waals surface area contributed by atoms with Gasteiger partial charge in [-0.15, -0.1) is 0 Å². The minimum atomic E-state index is -0.861. The lowest BCUT2D eigenvalue weighted by Crippen LogP contribution is -2.35. The fourth-order valence-corrected chi connectivity index (χ4v) is 5.77. The van der Waals surface area contributed by atoms with Crippen molar-refractivity contribution in [1.82, 2.24) is 14.9 Å².